The molecule has 9 atom stereocenters. The van der Waals surface area contributed by atoms with Crippen molar-refractivity contribution >= 4 is 62.6 Å². The molecule has 0 bridgehead atoms. The number of rotatable bonds is 35. The van der Waals surface area contributed by atoms with Crippen LogP contribution in [0.2, 0.25) is 44.3 Å². The van der Waals surface area contributed by atoms with Crippen LogP contribution in [0.3, 0.4) is 0 Å². The van der Waals surface area contributed by atoms with Crippen LogP contribution in [0.5, 0.6) is 0 Å². The number of aliphatic carboxylic acids is 1. The number of Topliss-reactive ketones (excluding diaryl/α,β-unsaturated/α-hetero) is 3. The summed E-state index contributed by atoms with van der Waals surface area (Å²) in [5.41, 5.74) is 0.306. The second-order valence-corrected chi connectivity index (χ2v) is 35.5. The van der Waals surface area contributed by atoms with E-state index in [1.54, 1.807) is 12.2 Å². The molecule has 3 aliphatic rings. The van der Waals surface area contributed by atoms with Crippen molar-refractivity contribution < 1.29 is 67.5 Å². The number of carboxylic acid groups (broad SMARTS) is 1. The third kappa shape index (κ3) is 45.4. The quantitative estimate of drug-likeness (QED) is 0.0233. The third-order valence-electron chi connectivity index (χ3n) is 15.7. The molecule has 0 aromatic heterocycles. The van der Waals surface area contributed by atoms with Gasteiger partial charge < -0.3 is 38.7 Å². The predicted octanol–water partition coefficient (Wildman–Crippen LogP) is 16.3. The van der Waals surface area contributed by atoms with Crippen LogP contribution in [0.1, 0.15) is 238 Å². The molecule has 2 fully saturated rings. The van der Waals surface area contributed by atoms with Gasteiger partial charge in [0.2, 0.25) is 0 Å². The highest BCUT2D eigenvalue weighted by Gasteiger charge is 2.44. The van der Waals surface area contributed by atoms with Gasteiger partial charge in [0.15, 0.2) is 14.1 Å². The average Bonchev–Trinajstić information content (AvgIpc) is 1.80. The molecule has 5 unspecified atom stereocenters. The van der Waals surface area contributed by atoms with Crippen molar-refractivity contribution in [1.82, 2.24) is 0 Å². The molecule has 528 valence electrons. The Labute approximate surface area is 561 Å². The first-order valence-electron chi connectivity index (χ1n) is 34.6. The highest BCUT2D eigenvalue weighted by molar-refractivity contribution is 6.74. The van der Waals surface area contributed by atoms with Crippen LogP contribution in [0.25, 0.3) is 0 Å². The summed E-state index contributed by atoms with van der Waals surface area (Å²) in [7, 11) is 1.73. The third-order valence-corrected chi connectivity index (χ3v) is 20.2. The largest absolute Gasteiger partial charge is 0.481 e. The molecule has 0 amide bonds. The second kappa shape index (κ2) is 51.6. The molecule has 0 spiro atoms. The van der Waals surface area contributed by atoms with Gasteiger partial charge in [-0.15, -0.1) is 0 Å². The van der Waals surface area contributed by atoms with Crippen LogP contribution >= 0.6 is 0 Å². The summed E-state index contributed by atoms with van der Waals surface area (Å²) in [6, 6.07) is 0. The molecule has 0 aromatic carbocycles. The van der Waals surface area contributed by atoms with Crippen molar-refractivity contribution in [2.24, 2.45) is 23.7 Å². The van der Waals surface area contributed by atoms with Gasteiger partial charge >= 0.3 is 17.9 Å². The van der Waals surface area contributed by atoms with Crippen molar-refractivity contribution in [2.45, 2.75) is 324 Å². The number of carbonyl (C=O) groups excluding carboxylic acids is 5. The minimum Gasteiger partial charge on any atom is -0.481 e. The Hall–Kier alpha value is -3.69. The van der Waals surface area contributed by atoms with Gasteiger partial charge in [0.25, 0.3) is 0 Å². The first-order chi connectivity index (χ1) is 42.2. The molecule has 17 heteroatoms. The van der Waals surface area contributed by atoms with Gasteiger partial charge in [0.05, 0.1) is 55.9 Å². The normalized spacial score (nSPS) is 21.0. The summed E-state index contributed by atoms with van der Waals surface area (Å²) in [5.74, 6) is -1.20. The lowest BCUT2D eigenvalue weighted by Crippen LogP contribution is -2.43. The Morgan fingerprint density at radius 2 is 1.10 bits per heavy atom. The monoisotopic (exact) mass is 1330 g/mol. The van der Waals surface area contributed by atoms with Gasteiger partial charge in [-0.3, -0.25) is 28.8 Å². The van der Waals surface area contributed by atoms with Gasteiger partial charge in [-0.1, -0.05) is 168 Å². The fraction of sp³-hybridized carbons (Fsp3) is 0.757. The molecule has 3 N–H and O–H groups in total. The minimum absolute atomic E-state index is 0. The summed E-state index contributed by atoms with van der Waals surface area (Å²) >= 11 is 0. The highest BCUT2D eigenvalue weighted by Crippen LogP contribution is 2.40. The molecule has 2 saturated carbocycles. The van der Waals surface area contributed by atoms with E-state index in [0.717, 1.165) is 69.8 Å². The van der Waals surface area contributed by atoms with Crippen molar-refractivity contribution in [1.29, 1.82) is 0 Å². The summed E-state index contributed by atoms with van der Waals surface area (Å²) in [6.07, 6.45) is 38.6. The lowest BCUT2D eigenvalue weighted by atomic mass is 9.89. The number of ether oxygens (including phenoxy) is 4. The van der Waals surface area contributed by atoms with Crippen LogP contribution in [-0.4, -0.2) is 134 Å². The van der Waals surface area contributed by atoms with Crippen molar-refractivity contribution in [2.75, 3.05) is 14.2 Å². The molecular weight excluding hydrogens is 1200 g/mol. The Morgan fingerprint density at radius 3 is 1.60 bits per heavy atom. The number of carbonyl (C=O) groups is 6. The van der Waals surface area contributed by atoms with Crippen molar-refractivity contribution in [3.8, 4) is 0 Å². The maximum atomic E-state index is 13.1. The van der Waals surface area contributed by atoms with Gasteiger partial charge in [0, 0.05) is 81.2 Å². The Balaban J connectivity index is -0.00000126. The fourth-order valence-electron chi connectivity index (χ4n) is 10.1. The number of ketones is 3. The maximum Gasteiger partial charge on any atom is 0.305 e. The Bertz CT molecular complexity index is 2180. The SMILES string of the molecule is C.CCCCCC(/C=C/[C@H]1C(OC(C)(C)C)CC(=O)[C@@H]1C/C=C\CCCC(=O)OC)O[Si](C)(C)C(C)(C)C.CCCCCC(O)/C=C/[C@H]1C(O)CC(=O)[C@@H]1C/C=C\CCCC(=O)O.COC(=O)CCCC/C=C\CC1=CC(OC(C)(C)C)CC1=O.C[SiH2]C.C[SiH2]C. The zero-order valence-electron chi connectivity index (χ0n) is 60.3. The number of aliphatic hydroxyl groups is 2. The molecule has 0 radical (unpaired) electrons. The molecule has 91 heavy (non-hydrogen) atoms. The van der Waals surface area contributed by atoms with Gasteiger partial charge in [-0.25, -0.2) is 0 Å². The van der Waals surface area contributed by atoms with Crippen LogP contribution in [0.15, 0.2) is 72.4 Å². The van der Waals surface area contributed by atoms with E-state index in [1.807, 2.05) is 45.1 Å². The second-order valence-electron chi connectivity index (χ2n) is 28.0. The van der Waals surface area contributed by atoms with E-state index < -0.39 is 26.5 Å². The van der Waals surface area contributed by atoms with Gasteiger partial charge in [-0.2, -0.15) is 0 Å². The molecule has 3 aliphatic carbocycles. The maximum absolute atomic E-state index is 13.1. The highest BCUT2D eigenvalue weighted by atomic mass is 28.4. The fourth-order valence-corrected chi connectivity index (χ4v) is 11.4. The van der Waals surface area contributed by atoms with Crippen molar-refractivity contribution in [3.05, 3.63) is 72.4 Å². The first kappa shape index (κ1) is 91.5. The average molecular weight is 1330 g/mol. The van der Waals surface area contributed by atoms with E-state index in [-0.39, 0.29) is 108 Å². The molecular formula is C74H136O14Si3. The molecule has 0 aromatic rings. The standard InChI is InChI=1S/C31H56O5Si.C20H32O5.C18H28O4.2C2H8Si.CH4/c1-11-12-15-18-24(36-37(9,10)31(5,6)7)21-22-26-25(19-16-13-14-17-20-29(33)34-8)27(32)23-28(26)35-30(2,3)4;1-2-3-6-9-15(21)12-13-17-16(18(22)14-19(17)23)10-7-4-5-8-11-20(24)25;1-18(2,3)22-15-12-14(16(19)13-15)10-8-6-5-7-9-11-17(20)21-4;2*1-3-2;/h13,16,21-22,24-26,28H,11-12,14-15,17-20,23H2,1-10H3;4,7,12-13,15-17,19,21,23H,2-3,5-6,8-11,14H2,1H3,(H,24,25);6,8,12,15H,5,7,9-11,13H2,1-4H3;2*3H2,1-2H3;1H4/b16-13-,22-21+;7-4-,13-12+;8-6-;;;/t24?,25-,26-,28?;15?,16-,17-,19?;;;;/m11..../s1. The number of aliphatic hydroxyl groups excluding tert-OH is 2. The number of esters is 2. The first-order valence-corrected chi connectivity index (χ1v) is 43.1. The Morgan fingerprint density at radius 1 is 0.626 bits per heavy atom. The molecule has 0 heterocycles. The van der Waals surface area contributed by atoms with E-state index in [9.17, 15) is 39.0 Å². The van der Waals surface area contributed by atoms with Crippen molar-refractivity contribution in [3.63, 3.8) is 0 Å². The molecule has 14 nitrogen and oxygen atoms in total. The Kier molecular flexibility index (Phi) is 51.9. The van der Waals surface area contributed by atoms with Crippen LogP contribution in [0.4, 0.5) is 0 Å². The topological polar surface area (TPSA) is 209 Å². The summed E-state index contributed by atoms with van der Waals surface area (Å²) < 4.78 is 28.4. The predicted molar refractivity (Wildman–Crippen MR) is 387 cm³/mol. The van der Waals surface area contributed by atoms with Gasteiger partial charge in [0.1, 0.15) is 11.6 Å². The molecule has 0 aliphatic heterocycles. The summed E-state index contributed by atoms with van der Waals surface area (Å²) in [5, 5.41) is 28.8. The van der Waals surface area contributed by atoms with E-state index in [2.05, 4.69) is 130 Å². The van der Waals surface area contributed by atoms with E-state index >= 15 is 0 Å². The van der Waals surface area contributed by atoms with Crippen LogP contribution in [-0.2, 0) is 52.1 Å². The van der Waals surface area contributed by atoms with Gasteiger partial charge in [-0.05, 0) is 148 Å². The summed E-state index contributed by atoms with van der Waals surface area (Å²) in [6.45, 7) is 37.0. The summed E-state index contributed by atoms with van der Waals surface area (Å²) in [4.78, 5) is 69.8. The molecule has 0 saturated heterocycles. The van der Waals surface area contributed by atoms with E-state index in [1.165, 1.54) is 27.1 Å². The van der Waals surface area contributed by atoms with E-state index in [0.29, 0.717) is 83.2 Å². The molecule has 3 rings (SSSR count). The number of hydrogen-bond acceptors (Lipinski definition) is 13. The smallest absolute Gasteiger partial charge is 0.305 e. The number of methoxy groups -OCH3 is 2. The number of unbranched alkanes of at least 4 members (excludes halogenated alkanes) is 8. The number of allylic oxidation sites excluding steroid dienone is 7. The zero-order valence-corrected chi connectivity index (χ0v) is 64.1. The lowest BCUT2D eigenvalue weighted by molar-refractivity contribution is -0.141. The lowest BCUT2D eigenvalue weighted by Gasteiger charge is -2.39. The zero-order chi connectivity index (χ0) is 68.9. The number of carboxylic acids is 1. The minimum atomic E-state index is -1.93. The van der Waals surface area contributed by atoms with Crippen LogP contribution < -0.4 is 0 Å². The number of hydrogen-bond donors (Lipinski definition) is 3. The van der Waals surface area contributed by atoms with Crippen LogP contribution in [0, 0.1) is 23.7 Å². The van der Waals surface area contributed by atoms with E-state index in [4.69, 9.17) is 23.7 Å².